The highest BCUT2D eigenvalue weighted by Crippen LogP contribution is 2.21. The maximum absolute atomic E-state index is 12.7. The molecule has 0 spiro atoms. The van der Waals surface area contributed by atoms with Gasteiger partial charge in [0.1, 0.15) is 0 Å². The molecule has 0 saturated carbocycles. The van der Waals surface area contributed by atoms with Crippen LogP contribution in [0.4, 0.5) is 5.69 Å². The molecule has 1 fully saturated rings. The van der Waals surface area contributed by atoms with Gasteiger partial charge in [0, 0.05) is 35.8 Å². The zero-order valence-electron chi connectivity index (χ0n) is 16.3. The van der Waals surface area contributed by atoms with E-state index in [-0.39, 0.29) is 16.4 Å². The van der Waals surface area contributed by atoms with Crippen molar-refractivity contribution < 1.29 is 17.9 Å². The molecule has 1 aliphatic rings. The van der Waals surface area contributed by atoms with Crippen LogP contribution in [0.5, 0.6) is 0 Å². The third kappa shape index (κ3) is 4.00. The minimum atomic E-state index is -3.61. The van der Waals surface area contributed by atoms with Crippen LogP contribution in [0.25, 0.3) is 10.9 Å². The summed E-state index contributed by atoms with van der Waals surface area (Å²) in [6.45, 7) is 3.22. The zero-order valence-corrected chi connectivity index (χ0v) is 17.2. The van der Waals surface area contributed by atoms with Crippen molar-refractivity contribution in [3.63, 3.8) is 0 Å². The van der Waals surface area contributed by atoms with Crippen LogP contribution in [0.3, 0.4) is 0 Å². The lowest BCUT2D eigenvalue weighted by Crippen LogP contribution is -2.40. The van der Waals surface area contributed by atoms with Crippen molar-refractivity contribution >= 4 is 32.5 Å². The Kier molecular flexibility index (Phi) is 5.42. The maximum atomic E-state index is 12.7. The van der Waals surface area contributed by atoms with Crippen LogP contribution in [0, 0.1) is 6.92 Å². The lowest BCUT2D eigenvalue weighted by atomic mass is 10.1. The Morgan fingerprint density at radius 3 is 2.47 bits per heavy atom. The molecular weight excluding hydrogens is 406 g/mol. The fraction of sp³-hybridized carbons (Fsp3) is 0.238. The van der Waals surface area contributed by atoms with Crippen LogP contribution < -0.4 is 10.9 Å². The van der Waals surface area contributed by atoms with Gasteiger partial charge in [0.05, 0.1) is 23.6 Å². The quantitative estimate of drug-likeness (QED) is 0.663. The molecule has 1 aliphatic heterocycles. The summed E-state index contributed by atoms with van der Waals surface area (Å²) in [5, 5.41) is 3.67. The number of carbonyl (C=O) groups is 1. The SMILES string of the molecule is Cc1cc(=O)[nH]c2cc(NC(=O)c3ccc(S(=O)(=O)N4CCOCC4)cc3)ccc12. The number of H-pyrrole nitrogens is 1. The first-order valence-electron chi connectivity index (χ1n) is 9.47. The van der Waals surface area contributed by atoms with E-state index in [0.717, 1.165) is 10.9 Å². The second kappa shape index (κ2) is 8.02. The third-order valence-electron chi connectivity index (χ3n) is 5.03. The monoisotopic (exact) mass is 427 g/mol. The standard InChI is InChI=1S/C21H21N3O5S/c1-14-12-20(25)23-19-13-16(4-7-18(14)19)22-21(26)15-2-5-17(6-3-15)30(27,28)24-8-10-29-11-9-24/h2-7,12-13H,8-11H2,1H3,(H,22,26)(H,23,25). The summed E-state index contributed by atoms with van der Waals surface area (Å²) in [4.78, 5) is 27.2. The molecule has 2 heterocycles. The predicted octanol–water partition coefficient (Wildman–Crippen LogP) is 2.11. The van der Waals surface area contributed by atoms with Gasteiger partial charge in [0.2, 0.25) is 15.6 Å². The van der Waals surface area contributed by atoms with E-state index in [9.17, 15) is 18.0 Å². The molecule has 8 nitrogen and oxygen atoms in total. The largest absolute Gasteiger partial charge is 0.379 e. The highest BCUT2D eigenvalue weighted by Gasteiger charge is 2.26. The molecule has 30 heavy (non-hydrogen) atoms. The van der Waals surface area contributed by atoms with Crippen LogP contribution in [0.1, 0.15) is 15.9 Å². The molecule has 1 saturated heterocycles. The van der Waals surface area contributed by atoms with Gasteiger partial charge < -0.3 is 15.0 Å². The van der Waals surface area contributed by atoms with E-state index in [1.807, 2.05) is 13.0 Å². The summed E-state index contributed by atoms with van der Waals surface area (Å²) in [5.41, 5.74) is 2.13. The van der Waals surface area contributed by atoms with Gasteiger partial charge in [-0.3, -0.25) is 9.59 Å². The number of morpholine rings is 1. The van der Waals surface area contributed by atoms with E-state index in [1.54, 1.807) is 12.1 Å². The molecule has 1 amide bonds. The number of carbonyl (C=O) groups excluding carboxylic acids is 1. The van der Waals surface area contributed by atoms with Crippen LogP contribution in [-0.2, 0) is 14.8 Å². The maximum Gasteiger partial charge on any atom is 0.255 e. The molecule has 3 aromatic rings. The van der Waals surface area contributed by atoms with Crippen molar-refractivity contribution in [3.8, 4) is 0 Å². The summed E-state index contributed by atoms with van der Waals surface area (Å²) in [5.74, 6) is -0.375. The number of anilines is 1. The average Bonchev–Trinajstić information content (AvgIpc) is 2.74. The molecule has 156 valence electrons. The second-order valence-corrected chi connectivity index (χ2v) is 9.01. The third-order valence-corrected chi connectivity index (χ3v) is 6.94. The Balaban J connectivity index is 1.53. The number of fused-ring (bicyclic) bond motifs is 1. The molecule has 0 bridgehead atoms. The van der Waals surface area contributed by atoms with Crippen molar-refractivity contribution in [2.75, 3.05) is 31.6 Å². The Morgan fingerprint density at radius 1 is 1.07 bits per heavy atom. The first-order valence-corrected chi connectivity index (χ1v) is 10.9. The predicted molar refractivity (Wildman–Crippen MR) is 113 cm³/mol. The number of rotatable bonds is 4. The Morgan fingerprint density at radius 2 is 1.77 bits per heavy atom. The summed E-state index contributed by atoms with van der Waals surface area (Å²) in [7, 11) is -3.61. The number of hydrogen-bond donors (Lipinski definition) is 2. The summed E-state index contributed by atoms with van der Waals surface area (Å²) in [6.07, 6.45) is 0. The van der Waals surface area contributed by atoms with Crippen molar-refractivity contribution in [3.05, 3.63) is 70.0 Å². The Labute approximate surface area is 173 Å². The zero-order chi connectivity index (χ0) is 21.3. The molecule has 4 rings (SSSR count). The summed E-state index contributed by atoms with van der Waals surface area (Å²) < 4.78 is 31.9. The van der Waals surface area contributed by atoms with Gasteiger partial charge in [-0.15, -0.1) is 0 Å². The topological polar surface area (TPSA) is 109 Å². The number of nitrogens with zero attached hydrogens (tertiary/aromatic N) is 1. The molecule has 0 aliphatic carbocycles. The number of aryl methyl sites for hydroxylation is 1. The van der Waals surface area contributed by atoms with Crippen molar-refractivity contribution in [2.24, 2.45) is 0 Å². The van der Waals surface area contributed by atoms with E-state index in [2.05, 4.69) is 10.3 Å². The molecule has 9 heteroatoms. The van der Waals surface area contributed by atoms with Gasteiger partial charge in [-0.05, 0) is 48.9 Å². The molecule has 2 N–H and O–H groups in total. The smallest absolute Gasteiger partial charge is 0.255 e. The number of aromatic amines is 1. The lowest BCUT2D eigenvalue weighted by molar-refractivity contribution is 0.0730. The molecular formula is C21H21N3O5S. The highest BCUT2D eigenvalue weighted by molar-refractivity contribution is 7.89. The van der Waals surface area contributed by atoms with E-state index in [1.165, 1.54) is 34.6 Å². The Bertz CT molecular complexity index is 1260. The van der Waals surface area contributed by atoms with Gasteiger partial charge in [0.25, 0.3) is 5.91 Å². The van der Waals surface area contributed by atoms with E-state index in [0.29, 0.717) is 43.1 Å². The molecule has 2 aromatic carbocycles. The normalized spacial score (nSPS) is 15.2. The molecule has 0 unspecified atom stereocenters. The molecule has 0 radical (unpaired) electrons. The van der Waals surface area contributed by atoms with Gasteiger partial charge in [-0.2, -0.15) is 4.31 Å². The fourth-order valence-electron chi connectivity index (χ4n) is 3.43. The number of pyridine rings is 1. The summed E-state index contributed by atoms with van der Waals surface area (Å²) in [6, 6.07) is 12.6. The van der Waals surface area contributed by atoms with Gasteiger partial charge in [-0.1, -0.05) is 6.07 Å². The first-order chi connectivity index (χ1) is 14.3. The lowest BCUT2D eigenvalue weighted by Gasteiger charge is -2.26. The van der Waals surface area contributed by atoms with Crippen LogP contribution in [0.2, 0.25) is 0 Å². The van der Waals surface area contributed by atoms with E-state index in [4.69, 9.17) is 4.74 Å². The van der Waals surface area contributed by atoms with E-state index >= 15 is 0 Å². The van der Waals surface area contributed by atoms with Crippen LogP contribution >= 0.6 is 0 Å². The van der Waals surface area contributed by atoms with Gasteiger partial charge in [-0.25, -0.2) is 8.42 Å². The summed E-state index contributed by atoms with van der Waals surface area (Å²) >= 11 is 0. The minimum absolute atomic E-state index is 0.139. The number of hydrogen-bond acceptors (Lipinski definition) is 5. The average molecular weight is 427 g/mol. The molecule has 1 aromatic heterocycles. The van der Waals surface area contributed by atoms with Crippen molar-refractivity contribution in [2.45, 2.75) is 11.8 Å². The minimum Gasteiger partial charge on any atom is -0.379 e. The number of amides is 1. The molecule has 0 atom stereocenters. The number of aromatic nitrogens is 1. The van der Waals surface area contributed by atoms with E-state index < -0.39 is 10.0 Å². The number of ether oxygens (including phenoxy) is 1. The Hall–Kier alpha value is -3.01. The number of nitrogens with one attached hydrogen (secondary N) is 2. The van der Waals surface area contributed by atoms with Crippen LogP contribution in [-0.4, -0.2) is 49.9 Å². The second-order valence-electron chi connectivity index (χ2n) is 7.07. The van der Waals surface area contributed by atoms with Crippen LogP contribution in [0.15, 0.2) is 58.2 Å². The number of benzene rings is 2. The van der Waals surface area contributed by atoms with Crippen molar-refractivity contribution in [1.29, 1.82) is 0 Å². The fourth-order valence-corrected chi connectivity index (χ4v) is 4.84. The van der Waals surface area contributed by atoms with Gasteiger partial charge >= 0.3 is 0 Å². The first kappa shape index (κ1) is 20.3. The number of sulfonamides is 1. The van der Waals surface area contributed by atoms with Crippen molar-refractivity contribution in [1.82, 2.24) is 9.29 Å². The van der Waals surface area contributed by atoms with Gasteiger partial charge in [0.15, 0.2) is 0 Å². The highest BCUT2D eigenvalue weighted by atomic mass is 32.2.